The molecule has 0 radical (unpaired) electrons. The first-order chi connectivity index (χ1) is 8.29. The zero-order valence-corrected chi connectivity index (χ0v) is 11.0. The Morgan fingerprint density at radius 3 is 3.24 bits per heavy atom. The van der Waals surface area contributed by atoms with Crippen molar-refractivity contribution >= 4 is 17.3 Å². The van der Waals surface area contributed by atoms with Crippen LogP contribution in [0, 0.1) is 5.92 Å². The van der Waals surface area contributed by atoms with Crippen molar-refractivity contribution in [2.45, 2.75) is 26.3 Å². The number of thiophene rings is 1. The quantitative estimate of drug-likeness (QED) is 0.772. The van der Waals surface area contributed by atoms with Gasteiger partial charge in [0.25, 0.3) is 0 Å². The van der Waals surface area contributed by atoms with Gasteiger partial charge in [-0.05, 0) is 48.7 Å². The minimum Gasteiger partial charge on any atom is -0.466 e. The summed E-state index contributed by atoms with van der Waals surface area (Å²) in [4.78, 5) is 14.1. The first-order valence-corrected chi connectivity index (χ1v) is 7.14. The van der Waals surface area contributed by atoms with E-state index in [1.807, 2.05) is 6.92 Å². The van der Waals surface area contributed by atoms with E-state index in [2.05, 4.69) is 21.7 Å². The largest absolute Gasteiger partial charge is 0.466 e. The first kappa shape index (κ1) is 12.6. The van der Waals surface area contributed by atoms with E-state index in [4.69, 9.17) is 4.74 Å². The van der Waals surface area contributed by atoms with E-state index in [-0.39, 0.29) is 11.9 Å². The molecule has 1 aromatic rings. The predicted molar refractivity (Wildman–Crippen MR) is 69.0 cm³/mol. The van der Waals surface area contributed by atoms with Gasteiger partial charge in [0.2, 0.25) is 0 Å². The van der Waals surface area contributed by atoms with Crippen LogP contribution >= 0.6 is 11.3 Å². The second kappa shape index (κ2) is 6.17. The normalized spacial score (nSPS) is 21.4. The van der Waals surface area contributed by atoms with Gasteiger partial charge in [0.1, 0.15) is 0 Å². The molecule has 1 aliphatic rings. The van der Waals surface area contributed by atoms with E-state index >= 15 is 0 Å². The molecule has 1 saturated heterocycles. The Morgan fingerprint density at radius 2 is 2.53 bits per heavy atom. The fourth-order valence-electron chi connectivity index (χ4n) is 2.29. The summed E-state index contributed by atoms with van der Waals surface area (Å²) >= 11 is 1.73. The van der Waals surface area contributed by atoms with Crippen LogP contribution in [-0.4, -0.2) is 30.6 Å². The molecule has 1 unspecified atom stereocenters. The van der Waals surface area contributed by atoms with Gasteiger partial charge in [-0.3, -0.25) is 9.69 Å². The Balaban J connectivity index is 1.86. The van der Waals surface area contributed by atoms with Gasteiger partial charge in [0.15, 0.2) is 0 Å². The third-order valence-electron chi connectivity index (χ3n) is 3.11. The number of esters is 1. The van der Waals surface area contributed by atoms with E-state index in [0.717, 1.165) is 32.5 Å². The highest BCUT2D eigenvalue weighted by Crippen LogP contribution is 2.20. The molecule has 17 heavy (non-hydrogen) atoms. The minimum absolute atomic E-state index is 0.0254. The molecule has 0 N–H and O–H groups in total. The Morgan fingerprint density at radius 1 is 1.65 bits per heavy atom. The van der Waals surface area contributed by atoms with Crippen LogP contribution in [0.25, 0.3) is 0 Å². The van der Waals surface area contributed by atoms with Gasteiger partial charge in [-0.1, -0.05) is 0 Å². The average Bonchev–Trinajstić information content (AvgIpc) is 2.82. The van der Waals surface area contributed by atoms with E-state index < -0.39 is 0 Å². The van der Waals surface area contributed by atoms with E-state index in [1.54, 1.807) is 11.3 Å². The molecule has 0 aliphatic carbocycles. The highest BCUT2D eigenvalue weighted by molar-refractivity contribution is 7.07. The Kier molecular flexibility index (Phi) is 4.57. The third-order valence-corrected chi connectivity index (χ3v) is 3.84. The number of carbonyl (C=O) groups excluding carboxylic acids is 1. The molecule has 0 bridgehead atoms. The topological polar surface area (TPSA) is 29.5 Å². The van der Waals surface area contributed by atoms with Gasteiger partial charge in [-0.25, -0.2) is 0 Å². The number of piperidine rings is 1. The standard InChI is InChI=1S/C13H19NO2S/c1-2-16-13(15)12-4-3-6-14(9-12)8-11-5-7-17-10-11/h5,7,10,12H,2-4,6,8-9H2,1H3. The zero-order chi connectivity index (χ0) is 12.1. The van der Waals surface area contributed by atoms with Crippen LogP contribution in [0.4, 0.5) is 0 Å². The smallest absolute Gasteiger partial charge is 0.310 e. The van der Waals surface area contributed by atoms with Gasteiger partial charge in [-0.15, -0.1) is 0 Å². The van der Waals surface area contributed by atoms with E-state index in [9.17, 15) is 4.79 Å². The zero-order valence-electron chi connectivity index (χ0n) is 10.2. The lowest BCUT2D eigenvalue weighted by molar-refractivity contribution is -0.150. The Bertz CT molecular complexity index is 350. The summed E-state index contributed by atoms with van der Waals surface area (Å²) in [6, 6.07) is 2.15. The summed E-state index contributed by atoms with van der Waals surface area (Å²) in [6.45, 7) is 5.24. The van der Waals surface area contributed by atoms with Crippen LogP contribution in [-0.2, 0) is 16.1 Å². The summed E-state index contributed by atoms with van der Waals surface area (Å²) in [5, 5.41) is 4.27. The van der Waals surface area contributed by atoms with Crippen LogP contribution in [0.15, 0.2) is 16.8 Å². The first-order valence-electron chi connectivity index (χ1n) is 6.19. The maximum Gasteiger partial charge on any atom is 0.310 e. The number of likely N-dealkylation sites (tertiary alicyclic amines) is 1. The number of nitrogens with zero attached hydrogens (tertiary/aromatic N) is 1. The van der Waals surface area contributed by atoms with Crippen LogP contribution in [0.3, 0.4) is 0 Å². The Labute approximate surface area is 106 Å². The summed E-state index contributed by atoms with van der Waals surface area (Å²) < 4.78 is 5.10. The van der Waals surface area contributed by atoms with Gasteiger partial charge in [0, 0.05) is 13.1 Å². The van der Waals surface area contributed by atoms with Crippen molar-refractivity contribution in [1.82, 2.24) is 4.90 Å². The highest BCUT2D eigenvalue weighted by Gasteiger charge is 2.26. The summed E-state index contributed by atoms with van der Waals surface area (Å²) in [5.41, 5.74) is 1.35. The maximum atomic E-state index is 11.7. The van der Waals surface area contributed by atoms with Gasteiger partial charge < -0.3 is 4.74 Å². The van der Waals surface area contributed by atoms with Gasteiger partial charge in [0.05, 0.1) is 12.5 Å². The highest BCUT2D eigenvalue weighted by atomic mass is 32.1. The molecular formula is C13H19NO2S. The maximum absolute atomic E-state index is 11.7. The molecule has 0 aromatic carbocycles. The molecule has 1 aliphatic heterocycles. The number of rotatable bonds is 4. The minimum atomic E-state index is -0.0254. The molecule has 1 fully saturated rings. The van der Waals surface area contributed by atoms with Crippen molar-refractivity contribution in [3.05, 3.63) is 22.4 Å². The van der Waals surface area contributed by atoms with Crippen molar-refractivity contribution in [1.29, 1.82) is 0 Å². The van der Waals surface area contributed by atoms with Crippen LogP contribution in [0.1, 0.15) is 25.3 Å². The molecule has 2 rings (SSSR count). The molecule has 0 spiro atoms. The van der Waals surface area contributed by atoms with Crippen molar-refractivity contribution in [2.24, 2.45) is 5.92 Å². The second-order valence-electron chi connectivity index (χ2n) is 4.46. The summed E-state index contributed by atoms with van der Waals surface area (Å²) in [5.74, 6) is 0.0462. The van der Waals surface area contributed by atoms with E-state index in [1.165, 1.54) is 5.56 Å². The van der Waals surface area contributed by atoms with Crippen LogP contribution < -0.4 is 0 Å². The predicted octanol–water partition coefficient (Wildman–Crippen LogP) is 2.52. The Hall–Kier alpha value is -0.870. The van der Waals surface area contributed by atoms with Crippen molar-refractivity contribution in [3.8, 4) is 0 Å². The van der Waals surface area contributed by atoms with Crippen LogP contribution in [0.2, 0.25) is 0 Å². The fraction of sp³-hybridized carbons (Fsp3) is 0.615. The summed E-state index contributed by atoms with van der Waals surface area (Å²) in [7, 11) is 0. The molecular weight excluding hydrogens is 234 g/mol. The molecule has 0 saturated carbocycles. The van der Waals surface area contributed by atoms with Gasteiger partial charge >= 0.3 is 5.97 Å². The molecule has 2 heterocycles. The lowest BCUT2D eigenvalue weighted by Gasteiger charge is -2.31. The molecule has 1 atom stereocenters. The average molecular weight is 253 g/mol. The lowest BCUT2D eigenvalue weighted by atomic mass is 9.98. The number of hydrogen-bond acceptors (Lipinski definition) is 4. The molecule has 3 nitrogen and oxygen atoms in total. The molecule has 94 valence electrons. The van der Waals surface area contributed by atoms with Crippen molar-refractivity contribution < 1.29 is 9.53 Å². The SMILES string of the molecule is CCOC(=O)C1CCCN(Cc2ccsc2)C1. The number of ether oxygens (including phenoxy) is 1. The van der Waals surface area contributed by atoms with Crippen molar-refractivity contribution in [2.75, 3.05) is 19.7 Å². The summed E-state index contributed by atoms with van der Waals surface area (Å²) in [6.07, 6.45) is 2.06. The van der Waals surface area contributed by atoms with Gasteiger partial charge in [-0.2, -0.15) is 11.3 Å². The lowest BCUT2D eigenvalue weighted by Crippen LogP contribution is -2.38. The van der Waals surface area contributed by atoms with Crippen LogP contribution in [0.5, 0.6) is 0 Å². The molecule has 0 amide bonds. The van der Waals surface area contributed by atoms with Crippen molar-refractivity contribution in [3.63, 3.8) is 0 Å². The number of hydrogen-bond donors (Lipinski definition) is 0. The van der Waals surface area contributed by atoms with E-state index in [0.29, 0.717) is 6.61 Å². The number of carbonyl (C=O) groups is 1. The second-order valence-corrected chi connectivity index (χ2v) is 5.24. The molecule has 1 aromatic heterocycles. The fourth-order valence-corrected chi connectivity index (χ4v) is 2.95. The monoisotopic (exact) mass is 253 g/mol. The molecule has 4 heteroatoms. The third kappa shape index (κ3) is 3.54.